The van der Waals surface area contributed by atoms with Crippen molar-refractivity contribution in [3.8, 4) is 5.75 Å². The minimum absolute atomic E-state index is 0.0370. The number of benzene rings is 1. The van der Waals surface area contributed by atoms with Gasteiger partial charge < -0.3 is 9.64 Å². The molecule has 1 aromatic heterocycles. The van der Waals surface area contributed by atoms with Gasteiger partial charge in [0.1, 0.15) is 5.75 Å². The van der Waals surface area contributed by atoms with Crippen LogP contribution in [0.15, 0.2) is 41.8 Å². The Morgan fingerprint density at radius 3 is 2.80 bits per heavy atom. The van der Waals surface area contributed by atoms with E-state index < -0.39 is 9.84 Å². The molecule has 25 heavy (non-hydrogen) atoms. The van der Waals surface area contributed by atoms with E-state index in [4.69, 9.17) is 4.74 Å². The Morgan fingerprint density at radius 1 is 1.32 bits per heavy atom. The summed E-state index contributed by atoms with van der Waals surface area (Å²) in [5.74, 6) is 0.667. The van der Waals surface area contributed by atoms with E-state index >= 15 is 0 Å². The van der Waals surface area contributed by atoms with Crippen molar-refractivity contribution >= 4 is 27.1 Å². The molecule has 0 radical (unpaired) electrons. The van der Waals surface area contributed by atoms with Gasteiger partial charge >= 0.3 is 0 Å². The molecule has 1 saturated heterocycles. The zero-order valence-electron chi connectivity index (χ0n) is 14.1. The minimum atomic E-state index is -3.07. The van der Waals surface area contributed by atoms with E-state index in [1.54, 1.807) is 34.4 Å². The number of sulfone groups is 1. The predicted octanol–water partition coefficient (Wildman–Crippen LogP) is 2.98. The van der Waals surface area contributed by atoms with E-state index in [-0.39, 0.29) is 23.5 Å². The van der Waals surface area contributed by atoms with Gasteiger partial charge in [0.05, 0.1) is 24.7 Å². The highest BCUT2D eigenvalue weighted by Crippen LogP contribution is 2.25. The number of hydrogen-bond donors (Lipinski definition) is 0. The maximum absolute atomic E-state index is 13.1. The molecule has 0 aliphatic carbocycles. The van der Waals surface area contributed by atoms with Crippen molar-refractivity contribution in [1.82, 2.24) is 4.90 Å². The molecular weight excluding hydrogens is 358 g/mol. The fourth-order valence-electron chi connectivity index (χ4n) is 3.01. The van der Waals surface area contributed by atoms with Crippen molar-refractivity contribution in [2.45, 2.75) is 25.9 Å². The van der Waals surface area contributed by atoms with Gasteiger partial charge in [0.2, 0.25) is 0 Å². The molecule has 134 valence electrons. The molecule has 7 heteroatoms. The van der Waals surface area contributed by atoms with Gasteiger partial charge in [-0.3, -0.25) is 4.79 Å². The smallest absolute Gasteiger partial charge is 0.254 e. The van der Waals surface area contributed by atoms with Crippen LogP contribution < -0.4 is 4.74 Å². The Kier molecular flexibility index (Phi) is 5.44. The summed E-state index contributed by atoms with van der Waals surface area (Å²) in [6.07, 6.45) is 0.491. The predicted molar refractivity (Wildman–Crippen MR) is 98.9 cm³/mol. The molecule has 0 N–H and O–H groups in total. The first-order valence-electron chi connectivity index (χ1n) is 8.25. The maximum Gasteiger partial charge on any atom is 0.254 e. The van der Waals surface area contributed by atoms with Crippen LogP contribution in [0.2, 0.25) is 0 Å². The van der Waals surface area contributed by atoms with Crippen molar-refractivity contribution in [2.75, 3.05) is 18.1 Å². The number of hydrogen-bond acceptors (Lipinski definition) is 5. The highest BCUT2D eigenvalue weighted by atomic mass is 32.2. The van der Waals surface area contributed by atoms with Crippen LogP contribution >= 0.6 is 11.3 Å². The summed E-state index contributed by atoms with van der Waals surface area (Å²) in [6.45, 7) is 2.84. The van der Waals surface area contributed by atoms with Crippen LogP contribution in [0.4, 0.5) is 0 Å². The number of carbonyl (C=O) groups excluding carboxylic acids is 1. The van der Waals surface area contributed by atoms with Gasteiger partial charge in [0.25, 0.3) is 5.91 Å². The number of ether oxygens (including phenoxy) is 1. The summed E-state index contributed by atoms with van der Waals surface area (Å²) in [7, 11) is -3.07. The molecule has 1 atom stereocenters. The number of rotatable bonds is 6. The Bertz CT molecular complexity index is 831. The van der Waals surface area contributed by atoms with Crippen LogP contribution in [0, 0.1) is 0 Å². The molecule has 2 heterocycles. The van der Waals surface area contributed by atoms with Crippen molar-refractivity contribution in [2.24, 2.45) is 0 Å². The molecule has 1 unspecified atom stereocenters. The second kappa shape index (κ2) is 7.58. The van der Waals surface area contributed by atoms with Crippen LogP contribution in [0.25, 0.3) is 0 Å². The lowest BCUT2D eigenvalue weighted by molar-refractivity contribution is 0.0682. The number of amides is 1. The molecule has 1 fully saturated rings. The highest BCUT2D eigenvalue weighted by molar-refractivity contribution is 7.91. The van der Waals surface area contributed by atoms with Crippen molar-refractivity contribution in [3.63, 3.8) is 0 Å². The Hall–Kier alpha value is -1.86. The molecular formula is C18H21NO4S2. The first-order valence-corrected chi connectivity index (χ1v) is 11.0. The minimum Gasteiger partial charge on any atom is -0.494 e. The standard InChI is InChI=1S/C18H21NO4S2/c1-2-23-16-6-3-5-14(11-16)18(20)19(12-17-7-4-9-24-17)15-8-10-25(21,22)13-15/h3-7,9,11,15H,2,8,10,12-13H2,1H3. The Labute approximate surface area is 152 Å². The molecule has 3 rings (SSSR count). The molecule has 1 aliphatic heterocycles. The second-order valence-corrected chi connectivity index (χ2v) is 9.29. The van der Waals surface area contributed by atoms with Gasteiger partial charge in [0, 0.05) is 16.5 Å². The maximum atomic E-state index is 13.1. The fourth-order valence-corrected chi connectivity index (χ4v) is 5.44. The van der Waals surface area contributed by atoms with Gasteiger partial charge in [0.15, 0.2) is 9.84 Å². The largest absolute Gasteiger partial charge is 0.494 e. The third kappa shape index (κ3) is 4.41. The van der Waals surface area contributed by atoms with E-state index in [1.165, 1.54) is 0 Å². The molecule has 1 amide bonds. The average molecular weight is 380 g/mol. The molecule has 5 nitrogen and oxygen atoms in total. The normalized spacial score (nSPS) is 18.8. The van der Waals surface area contributed by atoms with Gasteiger partial charge in [-0.2, -0.15) is 0 Å². The van der Waals surface area contributed by atoms with E-state index in [0.29, 0.717) is 30.9 Å². The Balaban J connectivity index is 1.87. The van der Waals surface area contributed by atoms with Crippen LogP contribution in [0.3, 0.4) is 0 Å². The number of carbonyl (C=O) groups is 1. The zero-order chi connectivity index (χ0) is 17.9. The summed E-state index contributed by atoms with van der Waals surface area (Å²) in [5.41, 5.74) is 0.520. The van der Waals surface area contributed by atoms with Crippen molar-refractivity contribution in [1.29, 1.82) is 0 Å². The van der Waals surface area contributed by atoms with E-state index in [2.05, 4.69) is 0 Å². The van der Waals surface area contributed by atoms with Crippen LogP contribution in [0.5, 0.6) is 5.75 Å². The molecule has 1 aromatic carbocycles. The quantitative estimate of drug-likeness (QED) is 0.774. The van der Waals surface area contributed by atoms with Crippen LogP contribution in [-0.2, 0) is 16.4 Å². The van der Waals surface area contributed by atoms with Crippen LogP contribution in [-0.4, -0.2) is 43.4 Å². The third-order valence-electron chi connectivity index (χ3n) is 4.21. The highest BCUT2D eigenvalue weighted by Gasteiger charge is 2.35. The summed E-state index contributed by atoms with van der Waals surface area (Å²) < 4.78 is 29.3. The first-order chi connectivity index (χ1) is 12.0. The topological polar surface area (TPSA) is 63.7 Å². The molecule has 0 bridgehead atoms. The average Bonchev–Trinajstić information content (AvgIpc) is 3.22. The van der Waals surface area contributed by atoms with Gasteiger partial charge in [-0.25, -0.2) is 8.42 Å². The number of nitrogens with zero attached hydrogens (tertiary/aromatic N) is 1. The van der Waals surface area contributed by atoms with Gasteiger partial charge in [-0.1, -0.05) is 12.1 Å². The van der Waals surface area contributed by atoms with Crippen LogP contribution in [0.1, 0.15) is 28.6 Å². The SMILES string of the molecule is CCOc1cccc(C(=O)N(Cc2cccs2)C2CCS(=O)(=O)C2)c1. The lowest BCUT2D eigenvalue weighted by Gasteiger charge is -2.28. The number of thiophene rings is 1. The monoisotopic (exact) mass is 379 g/mol. The van der Waals surface area contributed by atoms with E-state index in [1.807, 2.05) is 30.5 Å². The molecule has 0 spiro atoms. The lowest BCUT2D eigenvalue weighted by Crippen LogP contribution is -2.40. The van der Waals surface area contributed by atoms with E-state index in [0.717, 1.165) is 4.88 Å². The van der Waals surface area contributed by atoms with Gasteiger partial charge in [-0.15, -0.1) is 11.3 Å². The van der Waals surface area contributed by atoms with Crippen molar-refractivity contribution < 1.29 is 17.9 Å². The Morgan fingerprint density at radius 2 is 2.16 bits per heavy atom. The molecule has 1 aliphatic rings. The molecule has 2 aromatic rings. The zero-order valence-corrected chi connectivity index (χ0v) is 15.7. The summed E-state index contributed by atoms with van der Waals surface area (Å²) in [6, 6.07) is 10.7. The second-order valence-electron chi connectivity index (χ2n) is 6.03. The van der Waals surface area contributed by atoms with Gasteiger partial charge in [-0.05, 0) is 43.0 Å². The molecule has 0 saturated carbocycles. The first kappa shape index (κ1) is 17.9. The van der Waals surface area contributed by atoms with Crippen molar-refractivity contribution in [3.05, 3.63) is 52.2 Å². The summed E-state index contributed by atoms with van der Waals surface area (Å²) in [5, 5.41) is 1.96. The third-order valence-corrected chi connectivity index (χ3v) is 6.82. The van der Waals surface area contributed by atoms with E-state index in [9.17, 15) is 13.2 Å². The summed E-state index contributed by atoms with van der Waals surface area (Å²) >= 11 is 1.57. The lowest BCUT2D eigenvalue weighted by atomic mass is 10.1. The fraction of sp³-hybridized carbons (Fsp3) is 0.389. The summed E-state index contributed by atoms with van der Waals surface area (Å²) in [4.78, 5) is 15.8.